The van der Waals surface area contributed by atoms with Crippen LogP contribution >= 0.6 is 12.4 Å². The van der Waals surface area contributed by atoms with E-state index in [1.807, 2.05) is 21.9 Å². The Morgan fingerprint density at radius 1 is 0.878 bits per heavy atom. The second kappa shape index (κ2) is 13.9. The van der Waals surface area contributed by atoms with E-state index in [9.17, 15) is 18.0 Å². The first kappa shape index (κ1) is 31.1. The number of nitrogens with one attached hydrogen (secondary N) is 1. The second-order valence-electron chi connectivity index (χ2n) is 11.3. The SMILES string of the molecule is CS(=O)(=O)Nc1ccc(Oc2ccc(CN3CCC(N4CCN(C(=O)C5CCCCC5)CC4=O)CC3)cc2)cc1.Cl. The third kappa shape index (κ3) is 8.59. The van der Waals surface area contributed by atoms with E-state index >= 15 is 0 Å². The molecule has 41 heavy (non-hydrogen) atoms. The Morgan fingerprint density at radius 2 is 1.49 bits per heavy atom. The molecule has 9 nitrogen and oxygen atoms in total. The van der Waals surface area contributed by atoms with Gasteiger partial charge in [0, 0.05) is 50.4 Å². The first-order chi connectivity index (χ1) is 19.2. The number of halogens is 1. The number of rotatable bonds is 8. The Morgan fingerprint density at radius 3 is 2.07 bits per heavy atom. The predicted molar refractivity (Wildman–Crippen MR) is 162 cm³/mol. The number of sulfonamides is 1. The van der Waals surface area contributed by atoms with Crippen molar-refractivity contribution in [2.75, 3.05) is 43.7 Å². The lowest BCUT2D eigenvalue weighted by Gasteiger charge is -2.43. The molecule has 0 bridgehead atoms. The largest absolute Gasteiger partial charge is 0.457 e. The van der Waals surface area contributed by atoms with Crippen LogP contribution in [-0.4, -0.2) is 80.0 Å². The van der Waals surface area contributed by atoms with Gasteiger partial charge in [-0.3, -0.25) is 19.2 Å². The van der Waals surface area contributed by atoms with Crippen molar-refractivity contribution in [1.29, 1.82) is 0 Å². The summed E-state index contributed by atoms with van der Waals surface area (Å²) in [6.07, 6.45) is 8.45. The van der Waals surface area contributed by atoms with Crippen LogP contribution in [0.5, 0.6) is 11.5 Å². The minimum atomic E-state index is -3.31. The standard InChI is InChI=1S/C30H40N4O5S.ClH/c1-40(37,38)31-25-9-13-28(14-10-25)39-27-11-7-23(8-12-27)21-32-17-15-26(16-18-32)34-20-19-33(22-29(34)35)30(36)24-5-3-2-4-6-24;/h7-14,24,26,31H,2-6,15-22H2,1H3;1H. The summed E-state index contributed by atoms with van der Waals surface area (Å²) in [6.45, 7) is 4.27. The number of carbonyl (C=O) groups is 2. The fourth-order valence-electron chi connectivity index (χ4n) is 6.12. The number of hydrogen-bond donors (Lipinski definition) is 1. The van der Waals surface area contributed by atoms with Gasteiger partial charge in [-0.25, -0.2) is 8.42 Å². The van der Waals surface area contributed by atoms with Crippen molar-refractivity contribution in [3.05, 3.63) is 54.1 Å². The molecule has 2 aromatic carbocycles. The first-order valence-corrected chi connectivity index (χ1v) is 16.3. The number of nitrogens with zero attached hydrogens (tertiary/aromatic N) is 3. The quantitative estimate of drug-likeness (QED) is 0.477. The number of hydrogen-bond acceptors (Lipinski definition) is 6. The molecule has 2 aromatic rings. The number of carbonyl (C=O) groups excluding carboxylic acids is 2. The average molecular weight is 605 g/mol. The van der Waals surface area contributed by atoms with E-state index in [1.54, 1.807) is 24.3 Å². The van der Waals surface area contributed by atoms with Gasteiger partial charge in [-0.15, -0.1) is 12.4 Å². The minimum Gasteiger partial charge on any atom is -0.457 e. The van der Waals surface area contributed by atoms with E-state index in [1.165, 1.54) is 12.0 Å². The van der Waals surface area contributed by atoms with Gasteiger partial charge in [-0.05, 0) is 67.6 Å². The number of piperazine rings is 1. The number of piperidine rings is 1. The lowest BCUT2D eigenvalue weighted by Crippen LogP contribution is -2.58. The van der Waals surface area contributed by atoms with E-state index in [0.717, 1.165) is 64.4 Å². The number of amides is 2. The molecular formula is C30H41ClN4O5S. The van der Waals surface area contributed by atoms with Crippen LogP contribution in [0.3, 0.4) is 0 Å². The zero-order valence-corrected chi connectivity index (χ0v) is 25.3. The van der Waals surface area contributed by atoms with E-state index in [2.05, 4.69) is 21.8 Å². The molecule has 2 heterocycles. The number of benzene rings is 2. The molecule has 2 saturated heterocycles. The fraction of sp³-hybridized carbons (Fsp3) is 0.533. The molecule has 0 atom stereocenters. The van der Waals surface area contributed by atoms with Crippen molar-refractivity contribution in [2.24, 2.45) is 5.92 Å². The maximum absolute atomic E-state index is 13.0. The Kier molecular flexibility index (Phi) is 10.5. The van der Waals surface area contributed by atoms with Crippen molar-refractivity contribution < 1.29 is 22.7 Å². The Bertz CT molecular complexity index is 1270. The molecule has 0 unspecified atom stereocenters. The highest BCUT2D eigenvalue weighted by molar-refractivity contribution is 7.92. The second-order valence-corrected chi connectivity index (χ2v) is 13.1. The van der Waals surface area contributed by atoms with Crippen LogP contribution in [0, 0.1) is 5.92 Å². The van der Waals surface area contributed by atoms with E-state index in [0.29, 0.717) is 30.3 Å². The Balaban J connectivity index is 0.00000387. The predicted octanol–water partition coefficient (Wildman–Crippen LogP) is 4.49. The highest BCUT2D eigenvalue weighted by atomic mass is 35.5. The van der Waals surface area contributed by atoms with Crippen LogP contribution in [0.1, 0.15) is 50.5 Å². The van der Waals surface area contributed by atoms with E-state index < -0.39 is 10.0 Å². The summed E-state index contributed by atoms with van der Waals surface area (Å²) < 4.78 is 31.1. The third-order valence-electron chi connectivity index (χ3n) is 8.24. The van der Waals surface area contributed by atoms with Gasteiger partial charge in [0.1, 0.15) is 11.5 Å². The van der Waals surface area contributed by atoms with E-state index in [-0.39, 0.29) is 42.7 Å². The molecule has 11 heteroatoms. The smallest absolute Gasteiger partial charge is 0.242 e. The molecule has 0 aromatic heterocycles. The van der Waals surface area contributed by atoms with Gasteiger partial charge in [-0.1, -0.05) is 31.4 Å². The molecule has 0 spiro atoms. The summed E-state index contributed by atoms with van der Waals surface area (Å²) in [5.74, 6) is 1.76. The maximum atomic E-state index is 13.0. The zero-order chi connectivity index (χ0) is 28.1. The van der Waals surface area contributed by atoms with Gasteiger partial charge < -0.3 is 14.5 Å². The molecule has 1 N–H and O–H groups in total. The summed E-state index contributed by atoms with van der Waals surface area (Å²) in [7, 11) is -3.31. The van der Waals surface area contributed by atoms with Gasteiger partial charge in [0.05, 0.1) is 12.8 Å². The Hall–Kier alpha value is -2.82. The van der Waals surface area contributed by atoms with Gasteiger partial charge in [0.25, 0.3) is 0 Å². The molecule has 1 aliphatic carbocycles. The molecule has 3 aliphatic rings. The summed E-state index contributed by atoms with van der Waals surface area (Å²) in [5.41, 5.74) is 1.69. The van der Waals surface area contributed by atoms with Crippen molar-refractivity contribution >= 4 is 39.9 Å². The lowest BCUT2D eigenvalue weighted by molar-refractivity contribution is -0.150. The van der Waals surface area contributed by atoms with Crippen LogP contribution < -0.4 is 9.46 Å². The van der Waals surface area contributed by atoms with Gasteiger partial charge >= 0.3 is 0 Å². The number of ether oxygens (including phenoxy) is 1. The van der Waals surface area contributed by atoms with Gasteiger partial charge in [0.15, 0.2) is 0 Å². The van der Waals surface area contributed by atoms with Gasteiger partial charge in [-0.2, -0.15) is 0 Å². The molecular weight excluding hydrogens is 564 g/mol. The van der Waals surface area contributed by atoms with Crippen molar-refractivity contribution in [1.82, 2.24) is 14.7 Å². The molecule has 5 rings (SSSR count). The maximum Gasteiger partial charge on any atom is 0.242 e. The highest BCUT2D eigenvalue weighted by Gasteiger charge is 2.35. The van der Waals surface area contributed by atoms with Crippen LogP contribution in [0.2, 0.25) is 0 Å². The van der Waals surface area contributed by atoms with E-state index in [4.69, 9.17) is 4.74 Å². The first-order valence-electron chi connectivity index (χ1n) is 14.4. The third-order valence-corrected chi connectivity index (χ3v) is 8.85. The van der Waals surface area contributed by atoms with Crippen molar-refractivity contribution in [2.45, 2.75) is 57.5 Å². The highest BCUT2D eigenvalue weighted by Crippen LogP contribution is 2.28. The molecule has 2 aliphatic heterocycles. The summed E-state index contributed by atoms with van der Waals surface area (Å²) >= 11 is 0. The zero-order valence-electron chi connectivity index (χ0n) is 23.7. The summed E-state index contributed by atoms with van der Waals surface area (Å²) in [4.78, 5) is 32.1. The summed E-state index contributed by atoms with van der Waals surface area (Å²) in [5, 5.41) is 0. The van der Waals surface area contributed by atoms with Crippen LogP contribution in [0.25, 0.3) is 0 Å². The molecule has 3 fully saturated rings. The molecule has 1 saturated carbocycles. The topological polar surface area (TPSA) is 99.3 Å². The van der Waals surface area contributed by atoms with Crippen molar-refractivity contribution in [3.8, 4) is 11.5 Å². The fourth-order valence-corrected chi connectivity index (χ4v) is 6.68. The monoisotopic (exact) mass is 604 g/mol. The molecule has 224 valence electrons. The molecule has 2 amide bonds. The van der Waals surface area contributed by atoms with Crippen LogP contribution in [-0.2, 0) is 26.2 Å². The van der Waals surface area contributed by atoms with Crippen LogP contribution in [0.4, 0.5) is 5.69 Å². The average Bonchev–Trinajstić information content (AvgIpc) is 2.95. The lowest BCUT2D eigenvalue weighted by atomic mass is 9.88. The summed E-state index contributed by atoms with van der Waals surface area (Å²) in [6, 6.07) is 15.0. The Labute approximate surface area is 249 Å². The van der Waals surface area contributed by atoms with Crippen molar-refractivity contribution in [3.63, 3.8) is 0 Å². The molecule has 0 radical (unpaired) electrons. The number of likely N-dealkylation sites (tertiary alicyclic amines) is 1. The van der Waals surface area contributed by atoms with Gasteiger partial charge in [0.2, 0.25) is 21.8 Å². The normalized spacial score (nSPS) is 19.5. The van der Waals surface area contributed by atoms with Crippen LogP contribution in [0.15, 0.2) is 48.5 Å². The minimum absolute atomic E-state index is 0. The number of anilines is 1.